The molecule has 2 aromatic rings. The van der Waals surface area contributed by atoms with Crippen molar-refractivity contribution in [1.82, 2.24) is 4.98 Å². The van der Waals surface area contributed by atoms with Crippen molar-refractivity contribution in [3.05, 3.63) is 23.2 Å². The van der Waals surface area contributed by atoms with Gasteiger partial charge in [-0.05, 0) is 12.1 Å². The number of phosphoric ester groups is 1. The maximum atomic E-state index is 12.5. The number of fused-ring (bicyclic) bond motifs is 1. The molecular formula is C17H19N2O11PS2. The van der Waals surface area contributed by atoms with Gasteiger partial charge in [0.05, 0.1) is 10.2 Å². The Kier molecular flexibility index (Phi) is 6.81. The fraction of sp³-hybridized carbons (Fsp3) is 0.471. The first-order valence-corrected chi connectivity index (χ1v) is 12.7. The number of nitrogens with zero attached hydrogens (tertiary/aromatic N) is 2. The van der Waals surface area contributed by atoms with E-state index in [1.807, 2.05) is 0 Å². The van der Waals surface area contributed by atoms with E-state index in [2.05, 4.69) is 9.98 Å². The Bertz CT molecular complexity index is 1130. The Morgan fingerprint density at radius 1 is 1.06 bits per heavy atom. The van der Waals surface area contributed by atoms with Gasteiger partial charge >= 0.3 is 13.8 Å². The molecule has 0 bridgehead atoms. The van der Waals surface area contributed by atoms with Gasteiger partial charge in [0.15, 0.2) is 6.04 Å². The Balaban J connectivity index is 1.50. The number of aromatic nitrogens is 1. The number of phosphoric acid groups is 1. The van der Waals surface area contributed by atoms with Crippen LogP contribution in [0.2, 0.25) is 0 Å². The molecule has 2 heterocycles. The van der Waals surface area contributed by atoms with E-state index < -0.39 is 56.5 Å². The molecule has 1 saturated carbocycles. The number of carboxylic acid groups (broad SMARTS) is 1. The maximum Gasteiger partial charge on any atom is 0.527 e. The average Bonchev–Trinajstić information content (AvgIpc) is 3.40. The number of benzene rings is 1. The van der Waals surface area contributed by atoms with E-state index in [-0.39, 0.29) is 5.75 Å². The van der Waals surface area contributed by atoms with Crippen molar-refractivity contribution >= 4 is 52.2 Å². The third-order valence-corrected chi connectivity index (χ3v) is 8.19. The molecule has 13 nitrogen and oxygen atoms in total. The van der Waals surface area contributed by atoms with Gasteiger partial charge < -0.3 is 35.2 Å². The topological polar surface area (TPSA) is 219 Å². The molecule has 1 aromatic heterocycles. The zero-order valence-electron chi connectivity index (χ0n) is 16.4. The van der Waals surface area contributed by atoms with Gasteiger partial charge in [-0.2, -0.15) is 0 Å². The molecule has 2 aliphatic rings. The first-order chi connectivity index (χ1) is 15.5. The minimum atomic E-state index is -4.97. The van der Waals surface area contributed by atoms with E-state index in [9.17, 15) is 39.8 Å². The van der Waals surface area contributed by atoms with E-state index in [0.29, 0.717) is 26.0 Å². The minimum absolute atomic E-state index is 0.117. The smallest absolute Gasteiger partial charge is 0.480 e. The summed E-state index contributed by atoms with van der Waals surface area (Å²) in [6.45, 7) is 0. The standard InChI is InChI=1S/C17H19N2O11PS2/c20-9-10(21)12(23)14(13(24)11(9)22)30-31(27,28)29-5-1-2-6-8(3-5)33-16(18-6)15-19-7(4-32-15)17(25)26/h1-3,7,9-14,20-24H,4H2,(H,25,26)(H,27,28)/t7-,9?,10-,11+,12-,13-,14?/m1/s1. The van der Waals surface area contributed by atoms with Crippen LogP contribution in [-0.2, 0) is 13.9 Å². The highest BCUT2D eigenvalue weighted by atomic mass is 32.2. The van der Waals surface area contributed by atoms with Gasteiger partial charge in [0.25, 0.3) is 0 Å². The number of carboxylic acids is 1. The molecular weight excluding hydrogens is 503 g/mol. The lowest BCUT2D eigenvalue weighted by Crippen LogP contribution is -2.64. The van der Waals surface area contributed by atoms with Crippen LogP contribution in [0.15, 0.2) is 23.2 Å². The summed E-state index contributed by atoms with van der Waals surface area (Å²) in [6, 6.07) is 3.35. The number of thiazole rings is 1. The van der Waals surface area contributed by atoms with Crippen LogP contribution in [0.3, 0.4) is 0 Å². The lowest BCUT2D eigenvalue weighted by atomic mass is 9.85. The molecule has 16 heteroatoms. The molecule has 8 atom stereocenters. The van der Waals surface area contributed by atoms with E-state index >= 15 is 0 Å². The summed E-state index contributed by atoms with van der Waals surface area (Å²) < 4.78 is 22.8. The largest absolute Gasteiger partial charge is 0.527 e. The van der Waals surface area contributed by atoms with Crippen LogP contribution < -0.4 is 4.52 Å². The van der Waals surface area contributed by atoms with E-state index in [1.165, 1.54) is 30.0 Å². The van der Waals surface area contributed by atoms with Crippen LogP contribution in [0.5, 0.6) is 5.75 Å². The molecule has 1 aromatic carbocycles. The van der Waals surface area contributed by atoms with Crippen LogP contribution in [0, 0.1) is 0 Å². The van der Waals surface area contributed by atoms with Crippen molar-refractivity contribution in [2.45, 2.75) is 42.7 Å². The lowest BCUT2D eigenvalue weighted by molar-refractivity contribution is -0.219. The molecule has 7 N–H and O–H groups in total. The SMILES string of the molecule is O=C(O)[C@H]1CSC(c2nc3ccc(OP(=O)(O)OC4[C@H](O)[C@H](O)C(O)[C@H](O)[C@H]4O)cc3s2)=N1. The number of hydrogen-bond donors (Lipinski definition) is 7. The van der Waals surface area contributed by atoms with Gasteiger partial charge in [-0.25, -0.2) is 14.3 Å². The van der Waals surface area contributed by atoms with Gasteiger partial charge in [0.2, 0.25) is 0 Å². The van der Waals surface area contributed by atoms with Gasteiger partial charge in [-0.15, -0.1) is 23.1 Å². The molecule has 4 rings (SSSR count). The fourth-order valence-electron chi connectivity index (χ4n) is 3.30. The van der Waals surface area contributed by atoms with Gasteiger partial charge in [0, 0.05) is 11.8 Å². The third kappa shape index (κ3) is 4.93. The second-order valence-electron chi connectivity index (χ2n) is 7.33. The molecule has 3 unspecified atom stereocenters. The Morgan fingerprint density at radius 2 is 1.70 bits per heavy atom. The molecule has 180 valence electrons. The van der Waals surface area contributed by atoms with E-state index in [1.54, 1.807) is 0 Å². The van der Waals surface area contributed by atoms with Crippen molar-refractivity contribution in [3.8, 4) is 5.75 Å². The zero-order valence-corrected chi connectivity index (χ0v) is 18.9. The highest BCUT2D eigenvalue weighted by Gasteiger charge is 2.51. The number of carbonyl (C=O) groups is 1. The first kappa shape index (κ1) is 24.5. The summed E-state index contributed by atoms with van der Waals surface area (Å²) in [5, 5.41) is 59.0. The zero-order chi connectivity index (χ0) is 24.1. The van der Waals surface area contributed by atoms with Gasteiger partial charge in [0.1, 0.15) is 52.4 Å². The highest BCUT2D eigenvalue weighted by Crippen LogP contribution is 2.48. The number of thioether (sulfide) groups is 1. The van der Waals surface area contributed by atoms with Gasteiger partial charge in [-0.3, -0.25) is 14.4 Å². The monoisotopic (exact) mass is 522 g/mol. The molecule has 0 saturated heterocycles. The number of aliphatic imine (C=N–C) groups is 1. The van der Waals surface area contributed by atoms with Crippen molar-refractivity contribution in [2.75, 3.05) is 5.75 Å². The molecule has 1 fully saturated rings. The Hall–Kier alpha value is -1.65. The number of hydrogen-bond acceptors (Lipinski definition) is 13. The molecule has 1 aliphatic heterocycles. The third-order valence-electron chi connectivity index (χ3n) is 5.03. The normalized spacial score (nSPS) is 34.1. The van der Waals surface area contributed by atoms with Crippen molar-refractivity contribution in [3.63, 3.8) is 0 Å². The summed E-state index contributed by atoms with van der Waals surface area (Å²) in [7, 11) is -4.97. The van der Waals surface area contributed by atoms with Crippen LogP contribution in [0.25, 0.3) is 10.2 Å². The minimum Gasteiger partial charge on any atom is -0.480 e. The van der Waals surface area contributed by atoms with Crippen molar-refractivity contribution in [1.29, 1.82) is 0 Å². The summed E-state index contributed by atoms with van der Waals surface area (Å²) in [5.41, 5.74) is 0.511. The highest BCUT2D eigenvalue weighted by molar-refractivity contribution is 8.15. The summed E-state index contributed by atoms with van der Waals surface area (Å²) in [6.07, 6.45) is -11.6. The second-order valence-corrected chi connectivity index (χ2v) is 10.7. The number of rotatable bonds is 6. The molecule has 0 spiro atoms. The van der Waals surface area contributed by atoms with Crippen molar-refractivity contribution < 1.29 is 53.9 Å². The number of aliphatic hydroxyl groups is 5. The summed E-state index contributed by atoms with van der Waals surface area (Å²) in [5.74, 6) is -0.858. The first-order valence-electron chi connectivity index (χ1n) is 9.42. The number of aliphatic hydroxyl groups excluding tert-OH is 5. The molecule has 1 aliphatic carbocycles. The van der Waals surface area contributed by atoms with Crippen LogP contribution >= 0.6 is 30.9 Å². The van der Waals surface area contributed by atoms with Crippen LogP contribution in [-0.4, -0.2) is 99.9 Å². The van der Waals surface area contributed by atoms with Crippen molar-refractivity contribution in [2.24, 2.45) is 4.99 Å². The fourth-order valence-corrected chi connectivity index (χ4v) is 6.37. The number of aliphatic carboxylic acids is 1. The Morgan fingerprint density at radius 3 is 2.30 bits per heavy atom. The lowest BCUT2D eigenvalue weighted by Gasteiger charge is -2.41. The maximum absolute atomic E-state index is 12.5. The van der Waals surface area contributed by atoms with Crippen LogP contribution in [0.4, 0.5) is 0 Å². The quantitative estimate of drug-likeness (QED) is 0.225. The molecule has 0 amide bonds. The molecule has 0 radical (unpaired) electrons. The average molecular weight is 522 g/mol. The summed E-state index contributed by atoms with van der Waals surface area (Å²) in [4.78, 5) is 29.7. The predicted octanol–water partition coefficient (Wildman–Crippen LogP) is -1.07. The Labute approximate surface area is 193 Å². The second kappa shape index (κ2) is 9.19. The van der Waals surface area contributed by atoms with E-state index in [0.717, 1.165) is 11.3 Å². The van der Waals surface area contributed by atoms with Gasteiger partial charge in [-0.1, -0.05) is 0 Å². The van der Waals surface area contributed by atoms with Crippen LogP contribution in [0.1, 0.15) is 5.01 Å². The predicted molar refractivity (Wildman–Crippen MR) is 115 cm³/mol. The molecule has 33 heavy (non-hydrogen) atoms. The van der Waals surface area contributed by atoms with E-state index in [4.69, 9.17) is 14.2 Å². The summed E-state index contributed by atoms with van der Waals surface area (Å²) >= 11 is 2.42.